The van der Waals surface area contributed by atoms with Gasteiger partial charge in [-0.05, 0) is 30.3 Å². The Hall–Kier alpha value is -3.62. The summed E-state index contributed by atoms with van der Waals surface area (Å²) in [5, 5.41) is 16.2. The van der Waals surface area contributed by atoms with Gasteiger partial charge in [0, 0.05) is 41.2 Å². The molecule has 8 nitrogen and oxygen atoms in total. The van der Waals surface area contributed by atoms with Gasteiger partial charge in [0.1, 0.15) is 5.75 Å². The third kappa shape index (κ3) is 5.42. The molecule has 0 unspecified atom stereocenters. The number of oxazole rings is 1. The summed E-state index contributed by atoms with van der Waals surface area (Å²) in [7, 11) is 0. The Kier molecular flexibility index (Phi) is 6.76. The fourth-order valence-electron chi connectivity index (χ4n) is 3.40. The van der Waals surface area contributed by atoms with E-state index < -0.39 is 24.0 Å². The summed E-state index contributed by atoms with van der Waals surface area (Å²) in [5.41, 5.74) is 1.73. The Morgan fingerprint density at radius 2 is 2.00 bits per heavy atom. The highest BCUT2D eigenvalue weighted by molar-refractivity contribution is 6.30. The van der Waals surface area contributed by atoms with Gasteiger partial charge in [0.15, 0.2) is 6.10 Å². The van der Waals surface area contributed by atoms with Crippen LogP contribution in [0.15, 0.2) is 71.4 Å². The number of rotatable bonds is 7. The first kappa shape index (κ1) is 22.6. The predicted octanol–water partition coefficient (Wildman–Crippen LogP) is 3.63. The van der Waals surface area contributed by atoms with Crippen molar-refractivity contribution in [3.8, 4) is 17.2 Å². The molecule has 170 valence electrons. The molecule has 0 spiro atoms. The number of hydrogen-bond acceptors (Lipinski definition) is 6. The first-order valence-corrected chi connectivity index (χ1v) is 10.7. The number of carbonyl (C=O) groups is 2. The highest BCUT2D eigenvalue weighted by atomic mass is 35.5. The number of carbonyl (C=O) groups excluding carboxylic acids is 2. The van der Waals surface area contributed by atoms with Gasteiger partial charge >= 0.3 is 0 Å². The van der Waals surface area contributed by atoms with Crippen molar-refractivity contribution in [1.82, 2.24) is 15.6 Å². The standard InChI is InChI=1S/C24H22ClN3O5/c1-14(28-23(31)20-12-18(29)17-11-16(25)7-8-19(17)32-20)9-10-26-22(30)21-13-27-24(33-21)15-5-3-2-4-6-15/h2-8,11,13,18,20,29H,1,9-10,12H2,(H,26,30)(H,28,31)/t18-,20-/m1/s1. The van der Waals surface area contributed by atoms with Crippen molar-refractivity contribution < 1.29 is 23.8 Å². The van der Waals surface area contributed by atoms with E-state index in [2.05, 4.69) is 22.2 Å². The summed E-state index contributed by atoms with van der Waals surface area (Å²) < 4.78 is 11.2. The van der Waals surface area contributed by atoms with E-state index in [0.717, 1.165) is 5.56 Å². The average Bonchev–Trinajstić information content (AvgIpc) is 3.30. The van der Waals surface area contributed by atoms with E-state index in [1.807, 2.05) is 30.3 Å². The minimum Gasteiger partial charge on any atom is -0.480 e. The lowest BCUT2D eigenvalue weighted by Gasteiger charge is -2.29. The third-order valence-corrected chi connectivity index (χ3v) is 5.33. The molecular weight excluding hydrogens is 446 g/mol. The molecule has 2 heterocycles. The second-order valence-corrected chi connectivity index (χ2v) is 7.97. The van der Waals surface area contributed by atoms with Crippen LogP contribution in [-0.4, -0.2) is 34.6 Å². The highest BCUT2D eigenvalue weighted by Crippen LogP contribution is 2.36. The van der Waals surface area contributed by atoms with Crippen LogP contribution in [0, 0.1) is 0 Å². The van der Waals surface area contributed by atoms with E-state index in [9.17, 15) is 14.7 Å². The lowest BCUT2D eigenvalue weighted by molar-refractivity contribution is -0.129. The number of ether oxygens (including phenoxy) is 1. The first-order chi connectivity index (χ1) is 15.9. The predicted molar refractivity (Wildman–Crippen MR) is 122 cm³/mol. The maximum absolute atomic E-state index is 12.5. The van der Waals surface area contributed by atoms with Crippen molar-refractivity contribution in [3.05, 3.63) is 83.4 Å². The van der Waals surface area contributed by atoms with Gasteiger partial charge in [-0.25, -0.2) is 4.98 Å². The maximum Gasteiger partial charge on any atom is 0.288 e. The minimum absolute atomic E-state index is 0.0897. The van der Waals surface area contributed by atoms with Crippen LogP contribution < -0.4 is 15.4 Å². The van der Waals surface area contributed by atoms with Crippen molar-refractivity contribution in [3.63, 3.8) is 0 Å². The number of hydrogen-bond donors (Lipinski definition) is 3. The minimum atomic E-state index is -0.870. The summed E-state index contributed by atoms with van der Waals surface area (Å²) in [6.45, 7) is 4.05. The van der Waals surface area contributed by atoms with E-state index >= 15 is 0 Å². The monoisotopic (exact) mass is 467 g/mol. The van der Waals surface area contributed by atoms with Gasteiger partial charge < -0.3 is 24.9 Å². The largest absolute Gasteiger partial charge is 0.480 e. The van der Waals surface area contributed by atoms with Crippen LogP contribution in [0.25, 0.3) is 11.5 Å². The fourth-order valence-corrected chi connectivity index (χ4v) is 3.58. The third-order valence-electron chi connectivity index (χ3n) is 5.09. The molecule has 0 bridgehead atoms. The Bertz CT molecular complexity index is 1180. The van der Waals surface area contributed by atoms with E-state index in [1.54, 1.807) is 18.2 Å². The number of aliphatic hydroxyl groups is 1. The van der Waals surface area contributed by atoms with Gasteiger partial charge in [-0.15, -0.1) is 0 Å². The number of amides is 2. The zero-order chi connectivity index (χ0) is 23.4. The molecule has 9 heteroatoms. The molecule has 1 aliphatic heterocycles. The first-order valence-electron chi connectivity index (χ1n) is 10.3. The number of aliphatic hydroxyl groups excluding tert-OH is 1. The van der Waals surface area contributed by atoms with Crippen molar-refractivity contribution in [2.24, 2.45) is 0 Å². The molecule has 0 saturated heterocycles. The molecule has 1 aromatic heterocycles. The molecule has 0 fully saturated rings. The van der Waals surface area contributed by atoms with Crippen LogP contribution in [0.4, 0.5) is 0 Å². The molecule has 0 radical (unpaired) electrons. The molecule has 33 heavy (non-hydrogen) atoms. The molecule has 0 saturated carbocycles. The molecule has 3 N–H and O–H groups in total. The molecular formula is C24H22ClN3O5. The molecule has 4 rings (SSSR count). The molecule has 3 aromatic rings. The smallest absolute Gasteiger partial charge is 0.288 e. The lowest BCUT2D eigenvalue weighted by atomic mass is 9.98. The van der Waals surface area contributed by atoms with Crippen LogP contribution >= 0.6 is 11.6 Å². The summed E-state index contributed by atoms with van der Waals surface area (Å²) >= 11 is 5.95. The quantitative estimate of drug-likeness (QED) is 0.489. The number of fused-ring (bicyclic) bond motifs is 1. The average molecular weight is 468 g/mol. The number of aromatic nitrogens is 1. The number of benzene rings is 2. The van der Waals surface area contributed by atoms with Gasteiger partial charge in [-0.2, -0.15) is 0 Å². The number of nitrogens with zero attached hydrogens (tertiary/aromatic N) is 1. The van der Waals surface area contributed by atoms with Gasteiger partial charge in [-0.1, -0.05) is 36.4 Å². The Morgan fingerprint density at radius 3 is 2.79 bits per heavy atom. The maximum atomic E-state index is 12.5. The van der Waals surface area contributed by atoms with Gasteiger partial charge in [0.25, 0.3) is 11.8 Å². The summed E-state index contributed by atoms with van der Waals surface area (Å²) in [5.74, 6) is 0.0208. The Labute approximate surface area is 195 Å². The van der Waals surface area contributed by atoms with Crippen LogP contribution in [0.1, 0.15) is 35.1 Å². The second kappa shape index (κ2) is 9.89. The summed E-state index contributed by atoms with van der Waals surface area (Å²) in [4.78, 5) is 29.0. The molecule has 2 amide bonds. The van der Waals surface area contributed by atoms with Crippen LogP contribution in [0.3, 0.4) is 0 Å². The van der Waals surface area contributed by atoms with Gasteiger partial charge in [0.05, 0.1) is 12.3 Å². The number of halogens is 1. The van der Waals surface area contributed by atoms with Crippen LogP contribution in [0.5, 0.6) is 5.75 Å². The van der Waals surface area contributed by atoms with E-state index in [0.29, 0.717) is 34.3 Å². The van der Waals surface area contributed by atoms with Crippen molar-refractivity contribution >= 4 is 23.4 Å². The summed E-state index contributed by atoms with van der Waals surface area (Å²) in [6, 6.07) is 14.1. The number of nitrogens with one attached hydrogen (secondary N) is 2. The molecule has 1 aliphatic rings. The normalized spacial score (nSPS) is 16.9. The molecule has 2 aromatic carbocycles. The fraction of sp³-hybridized carbons (Fsp3) is 0.208. The SMILES string of the molecule is C=C(CCNC(=O)c1cnc(-c2ccccc2)o1)NC(=O)[C@H]1C[C@@H](O)c2cc(Cl)ccc2O1. The van der Waals surface area contributed by atoms with E-state index in [1.165, 1.54) is 6.20 Å². The van der Waals surface area contributed by atoms with Crippen molar-refractivity contribution in [1.29, 1.82) is 0 Å². The topological polar surface area (TPSA) is 114 Å². The van der Waals surface area contributed by atoms with E-state index in [4.69, 9.17) is 20.8 Å². The van der Waals surface area contributed by atoms with Crippen molar-refractivity contribution in [2.75, 3.05) is 6.54 Å². The molecule has 0 aliphatic carbocycles. The van der Waals surface area contributed by atoms with Crippen LogP contribution in [-0.2, 0) is 4.79 Å². The van der Waals surface area contributed by atoms with Gasteiger partial charge in [-0.3, -0.25) is 9.59 Å². The molecule has 2 atom stereocenters. The van der Waals surface area contributed by atoms with E-state index in [-0.39, 0.29) is 18.7 Å². The highest BCUT2D eigenvalue weighted by Gasteiger charge is 2.32. The zero-order valence-corrected chi connectivity index (χ0v) is 18.3. The summed E-state index contributed by atoms with van der Waals surface area (Å²) in [6.07, 6.45) is 0.0336. The van der Waals surface area contributed by atoms with Crippen LogP contribution in [0.2, 0.25) is 5.02 Å². The zero-order valence-electron chi connectivity index (χ0n) is 17.6. The Morgan fingerprint density at radius 1 is 1.21 bits per heavy atom. The van der Waals surface area contributed by atoms with Gasteiger partial charge in [0.2, 0.25) is 11.7 Å². The Balaban J connectivity index is 1.24. The second-order valence-electron chi connectivity index (χ2n) is 7.53. The van der Waals surface area contributed by atoms with Crippen molar-refractivity contribution in [2.45, 2.75) is 25.0 Å². The lowest BCUT2D eigenvalue weighted by Crippen LogP contribution is -2.41.